The van der Waals surface area contributed by atoms with Gasteiger partial charge in [-0.15, -0.1) is 0 Å². The van der Waals surface area contributed by atoms with E-state index in [4.69, 9.17) is 4.42 Å². The molecule has 0 saturated heterocycles. The highest BCUT2D eigenvalue weighted by Gasteiger charge is 2.09. The van der Waals surface area contributed by atoms with Crippen molar-refractivity contribution in [2.45, 2.75) is 6.92 Å². The van der Waals surface area contributed by atoms with Crippen LogP contribution in [0.3, 0.4) is 0 Å². The molecule has 0 aliphatic heterocycles. The van der Waals surface area contributed by atoms with Gasteiger partial charge in [-0.05, 0) is 37.3 Å². The lowest BCUT2D eigenvalue weighted by Gasteiger charge is -2.12. The van der Waals surface area contributed by atoms with Crippen molar-refractivity contribution in [2.75, 3.05) is 24.4 Å². The van der Waals surface area contributed by atoms with Crippen molar-refractivity contribution in [2.24, 2.45) is 5.10 Å². The summed E-state index contributed by atoms with van der Waals surface area (Å²) in [5.41, 5.74) is 4.90. The first-order chi connectivity index (χ1) is 11.5. The molecule has 6 heteroatoms. The van der Waals surface area contributed by atoms with Crippen LogP contribution in [0, 0.1) is 0 Å². The van der Waals surface area contributed by atoms with Crippen molar-refractivity contribution < 1.29 is 4.42 Å². The minimum absolute atomic E-state index is 0.414. The van der Waals surface area contributed by atoms with Gasteiger partial charge in [0, 0.05) is 37.4 Å². The number of hydrogen-bond acceptors (Lipinski definition) is 6. The maximum Gasteiger partial charge on any atom is 0.345 e. The molecule has 0 saturated carbocycles. The highest BCUT2D eigenvalue weighted by Crippen LogP contribution is 2.20. The van der Waals surface area contributed by atoms with Gasteiger partial charge in [0.05, 0.1) is 11.3 Å². The Morgan fingerprint density at radius 1 is 1.21 bits per heavy atom. The third-order valence-corrected chi connectivity index (χ3v) is 3.63. The fourth-order valence-electron chi connectivity index (χ4n) is 2.26. The van der Waals surface area contributed by atoms with E-state index >= 15 is 0 Å². The highest BCUT2D eigenvalue weighted by atomic mass is 16.4. The number of pyridine rings is 1. The van der Waals surface area contributed by atoms with Crippen molar-refractivity contribution in [3.8, 4) is 0 Å². The molecule has 0 amide bonds. The zero-order valence-corrected chi connectivity index (χ0v) is 13.8. The summed E-state index contributed by atoms with van der Waals surface area (Å²) in [7, 11) is 3.88. The van der Waals surface area contributed by atoms with Crippen LogP contribution in [0.25, 0.3) is 11.0 Å². The van der Waals surface area contributed by atoms with Gasteiger partial charge in [-0.25, -0.2) is 9.78 Å². The number of hydrogen-bond donors (Lipinski definition) is 1. The van der Waals surface area contributed by atoms with Crippen molar-refractivity contribution in [3.63, 3.8) is 0 Å². The fourth-order valence-corrected chi connectivity index (χ4v) is 2.26. The van der Waals surface area contributed by atoms with Gasteiger partial charge in [-0.1, -0.05) is 6.07 Å². The maximum absolute atomic E-state index is 12.3. The number of benzene rings is 1. The number of rotatable bonds is 4. The molecule has 3 rings (SSSR count). The third kappa shape index (κ3) is 3.27. The molecule has 6 nitrogen and oxygen atoms in total. The molecule has 2 aromatic heterocycles. The molecule has 24 heavy (non-hydrogen) atoms. The average Bonchev–Trinajstić information content (AvgIpc) is 2.59. The summed E-state index contributed by atoms with van der Waals surface area (Å²) in [6.07, 6.45) is 1.67. The number of nitrogens with zero attached hydrogens (tertiary/aromatic N) is 3. The molecule has 3 aromatic rings. The van der Waals surface area contributed by atoms with Crippen LogP contribution in [0.15, 0.2) is 63.0 Å². The van der Waals surface area contributed by atoms with E-state index in [0.717, 1.165) is 11.1 Å². The number of fused-ring (bicyclic) bond motifs is 1. The predicted octanol–water partition coefficient (Wildman–Crippen LogP) is 3.09. The second kappa shape index (κ2) is 6.54. The largest absolute Gasteiger partial charge is 0.422 e. The van der Waals surface area contributed by atoms with Crippen LogP contribution < -0.4 is 16.0 Å². The van der Waals surface area contributed by atoms with Crippen LogP contribution >= 0.6 is 0 Å². The van der Waals surface area contributed by atoms with Gasteiger partial charge in [-0.2, -0.15) is 5.10 Å². The van der Waals surface area contributed by atoms with E-state index in [1.807, 2.05) is 49.3 Å². The van der Waals surface area contributed by atoms with Crippen LogP contribution in [-0.4, -0.2) is 24.8 Å². The van der Waals surface area contributed by atoms with Crippen LogP contribution in [-0.2, 0) is 0 Å². The number of nitrogens with one attached hydrogen (secondary N) is 1. The quantitative estimate of drug-likeness (QED) is 0.454. The van der Waals surface area contributed by atoms with E-state index in [1.54, 1.807) is 25.3 Å². The Morgan fingerprint density at radius 2 is 2.04 bits per heavy atom. The lowest BCUT2D eigenvalue weighted by atomic mass is 10.1. The van der Waals surface area contributed by atoms with Gasteiger partial charge in [0.15, 0.2) is 0 Å². The van der Waals surface area contributed by atoms with Crippen LogP contribution in [0.1, 0.15) is 12.5 Å². The summed E-state index contributed by atoms with van der Waals surface area (Å²) in [4.78, 5) is 18.3. The van der Waals surface area contributed by atoms with E-state index in [-0.39, 0.29) is 0 Å². The van der Waals surface area contributed by atoms with E-state index in [9.17, 15) is 4.79 Å². The zero-order valence-electron chi connectivity index (χ0n) is 13.8. The highest BCUT2D eigenvalue weighted by molar-refractivity contribution is 6.01. The van der Waals surface area contributed by atoms with Crippen molar-refractivity contribution in [1.29, 1.82) is 0 Å². The molecule has 0 radical (unpaired) electrons. The Morgan fingerprint density at radius 3 is 2.75 bits per heavy atom. The monoisotopic (exact) mass is 322 g/mol. The van der Waals surface area contributed by atoms with Gasteiger partial charge >= 0.3 is 5.63 Å². The number of aromatic nitrogens is 1. The van der Waals surface area contributed by atoms with Gasteiger partial charge in [-0.3, -0.25) is 5.43 Å². The Labute approximate surface area is 139 Å². The summed E-state index contributed by atoms with van der Waals surface area (Å²) < 4.78 is 5.45. The Hall–Kier alpha value is -3.15. The standard InChI is InChI=1S/C18H18N4O2/c1-12(20-21-17-6-4-5-9-19-17)15-10-13-7-8-14(22(2)3)11-16(13)24-18(15)23/h4-11H,1-3H3,(H,19,21)/b20-12+. The van der Waals surface area contributed by atoms with E-state index in [1.165, 1.54) is 0 Å². The minimum atomic E-state index is -0.414. The van der Waals surface area contributed by atoms with E-state index < -0.39 is 5.63 Å². The molecule has 0 atom stereocenters. The summed E-state index contributed by atoms with van der Waals surface area (Å²) in [6.45, 7) is 1.75. The summed E-state index contributed by atoms with van der Waals surface area (Å²) >= 11 is 0. The topological polar surface area (TPSA) is 70.7 Å². The predicted molar refractivity (Wildman–Crippen MR) is 96.9 cm³/mol. The number of anilines is 2. The molecule has 2 heterocycles. The minimum Gasteiger partial charge on any atom is -0.422 e. The van der Waals surface area contributed by atoms with Crippen LogP contribution in [0.4, 0.5) is 11.5 Å². The average molecular weight is 322 g/mol. The van der Waals surface area contributed by atoms with Crippen molar-refractivity contribution in [1.82, 2.24) is 4.98 Å². The van der Waals surface area contributed by atoms with Gasteiger partial charge in [0.1, 0.15) is 11.4 Å². The third-order valence-electron chi connectivity index (χ3n) is 3.63. The normalized spacial score (nSPS) is 11.5. The Bertz CT molecular complexity index is 946. The first kappa shape index (κ1) is 15.7. The molecule has 0 aliphatic rings. The molecule has 0 fully saturated rings. The zero-order chi connectivity index (χ0) is 17.1. The molecular formula is C18H18N4O2. The first-order valence-electron chi connectivity index (χ1n) is 7.51. The molecule has 0 bridgehead atoms. The summed E-state index contributed by atoms with van der Waals surface area (Å²) in [5, 5.41) is 5.06. The van der Waals surface area contributed by atoms with Gasteiger partial charge in [0.25, 0.3) is 0 Å². The van der Waals surface area contributed by atoms with E-state index in [2.05, 4.69) is 15.5 Å². The van der Waals surface area contributed by atoms with Gasteiger partial charge < -0.3 is 9.32 Å². The van der Waals surface area contributed by atoms with Crippen molar-refractivity contribution >= 4 is 28.2 Å². The lowest BCUT2D eigenvalue weighted by Crippen LogP contribution is -2.14. The smallest absolute Gasteiger partial charge is 0.345 e. The Balaban J connectivity index is 1.95. The second-order valence-corrected chi connectivity index (χ2v) is 5.59. The number of hydrazone groups is 1. The maximum atomic E-state index is 12.3. The summed E-state index contributed by atoms with van der Waals surface area (Å²) in [5.74, 6) is 0.609. The molecule has 0 unspecified atom stereocenters. The Kier molecular flexibility index (Phi) is 4.29. The van der Waals surface area contributed by atoms with Crippen molar-refractivity contribution in [3.05, 3.63) is 64.6 Å². The molecule has 122 valence electrons. The van der Waals surface area contributed by atoms with Gasteiger partial charge in [0.2, 0.25) is 0 Å². The molecule has 1 aromatic carbocycles. The molecular weight excluding hydrogens is 304 g/mol. The molecule has 0 spiro atoms. The van der Waals surface area contributed by atoms with Crippen LogP contribution in [0.5, 0.6) is 0 Å². The van der Waals surface area contributed by atoms with E-state index in [0.29, 0.717) is 22.7 Å². The van der Waals surface area contributed by atoms with Crippen LogP contribution in [0.2, 0.25) is 0 Å². The molecule has 1 N–H and O–H groups in total. The fraction of sp³-hybridized carbons (Fsp3) is 0.167. The summed E-state index contributed by atoms with van der Waals surface area (Å²) in [6, 6.07) is 13.0. The lowest BCUT2D eigenvalue weighted by molar-refractivity contribution is 0.559. The first-order valence-corrected chi connectivity index (χ1v) is 7.51. The molecule has 0 aliphatic carbocycles. The SMILES string of the molecule is C/C(=N\Nc1ccccn1)c1cc2ccc(N(C)C)cc2oc1=O. The second-order valence-electron chi connectivity index (χ2n) is 5.59.